The van der Waals surface area contributed by atoms with Gasteiger partial charge in [-0.25, -0.2) is 4.98 Å². The number of Topliss-reactive ketones (excluding diaryl/α,β-unsaturated/α-hetero) is 1. The molecule has 5 rings (SSSR count). The number of aromatic amines is 1. The van der Waals surface area contributed by atoms with E-state index in [0.717, 1.165) is 17.5 Å². The van der Waals surface area contributed by atoms with Crippen LogP contribution in [0.2, 0.25) is 0 Å². The third-order valence-electron chi connectivity index (χ3n) is 5.71. The molecule has 4 aromatic rings. The Balaban J connectivity index is 1.62. The minimum absolute atomic E-state index is 0.0705. The van der Waals surface area contributed by atoms with Crippen molar-refractivity contribution in [2.45, 2.75) is 26.3 Å². The van der Waals surface area contributed by atoms with Crippen molar-refractivity contribution in [3.8, 4) is 5.75 Å². The van der Waals surface area contributed by atoms with Crippen molar-refractivity contribution in [2.24, 2.45) is 0 Å². The molecule has 0 bridgehead atoms. The van der Waals surface area contributed by atoms with Gasteiger partial charge in [0.05, 0.1) is 29.5 Å². The summed E-state index contributed by atoms with van der Waals surface area (Å²) in [6.45, 7) is 4.54. The van der Waals surface area contributed by atoms with E-state index in [4.69, 9.17) is 9.15 Å². The number of anilines is 1. The van der Waals surface area contributed by atoms with Crippen LogP contribution in [0.1, 0.15) is 36.3 Å². The molecule has 2 aromatic carbocycles. The van der Waals surface area contributed by atoms with E-state index in [2.05, 4.69) is 9.97 Å². The molecule has 1 aliphatic heterocycles. The minimum Gasteiger partial charge on any atom is -0.507 e. The number of nitrogens with zero attached hydrogens (tertiary/aromatic N) is 2. The molecule has 2 N–H and O–H groups in total. The highest BCUT2D eigenvalue weighted by atomic mass is 16.5. The predicted molar refractivity (Wildman–Crippen MR) is 127 cm³/mol. The van der Waals surface area contributed by atoms with Crippen molar-refractivity contribution in [1.29, 1.82) is 0 Å². The molecule has 2 aromatic heterocycles. The number of fused-ring (bicyclic) bond motifs is 1. The van der Waals surface area contributed by atoms with Crippen LogP contribution in [0.4, 0.5) is 5.95 Å². The molecule has 34 heavy (non-hydrogen) atoms. The number of amides is 1. The maximum atomic E-state index is 13.2. The Labute approximate surface area is 195 Å². The van der Waals surface area contributed by atoms with Crippen LogP contribution in [0.15, 0.2) is 70.9 Å². The molecule has 8 heteroatoms. The van der Waals surface area contributed by atoms with E-state index in [1.54, 1.807) is 36.4 Å². The van der Waals surface area contributed by atoms with Crippen LogP contribution in [0, 0.1) is 6.92 Å². The monoisotopic (exact) mass is 457 g/mol. The number of carbonyl (C=O) groups is 2. The first-order chi connectivity index (χ1) is 16.5. The first-order valence-electron chi connectivity index (χ1n) is 11.0. The molecule has 1 fully saturated rings. The quantitative estimate of drug-likeness (QED) is 0.243. The van der Waals surface area contributed by atoms with Gasteiger partial charge in [0.1, 0.15) is 23.3 Å². The van der Waals surface area contributed by atoms with Crippen LogP contribution >= 0.6 is 0 Å². The lowest BCUT2D eigenvalue weighted by molar-refractivity contribution is -0.132. The second-order valence-electron chi connectivity index (χ2n) is 8.14. The highest BCUT2D eigenvalue weighted by Gasteiger charge is 2.49. The van der Waals surface area contributed by atoms with Gasteiger partial charge in [0, 0.05) is 5.56 Å². The Morgan fingerprint density at radius 3 is 2.68 bits per heavy atom. The zero-order chi connectivity index (χ0) is 23.8. The van der Waals surface area contributed by atoms with E-state index in [1.165, 1.54) is 11.2 Å². The Hall–Kier alpha value is -4.33. The number of aryl methyl sites for hydroxylation is 1. The Morgan fingerprint density at radius 1 is 1.18 bits per heavy atom. The SMILES string of the molecule is CCCOc1ccc(/C(O)=C2\C(=O)C(=O)N(c3nc4ccc(C)cc4[nH]3)C2c2ccco2)cc1. The number of hydrogen-bond donors (Lipinski definition) is 2. The molecule has 172 valence electrons. The van der Waals surface area contributed by atoms with Crippen LogP contribution < -0.4 is 9.64 Å². The van der Waals surface area contributed by atoms with Crippen LogP contribution in [-0.4, -0.2) is 33.4 Å². The Bertz CT molecular complexity index is 1400. The standard InChI is InChI=1S/C26H23N3O5/c1-3-12-33-17-9-7-16(8-10-17)23(30)21-22(20-5-4-13-34-20)29(25(32)24(21)31)26-27-18-11-6-15(2)14-19(18)28-26/h4-11,13-14,22,30H,3,12H2,1-2H3,(H,27,28)/b23-21+. The van der Waals surface area contributed by atoms with Crippen molar-refractivity contribution >= 4 is 34.4 Å². The summed E-state index contributed by atoms with van der Waals surface area (Å²) in [4.78, 5) is 35.2. The van der Waals surface area contributed by atoms with Crippen LogP contribution in [0.5, 0.6) is 5.75 Å². The van der Waals surface area contributed by atoms with Gasteiger partial charge in [-0.3, -0.25) is 14.5 Å². The highest BCUT2D eigenvalue weighted by Crippen LogP contribution is 2.42. The van der Waals surface area contributed by atoms with E-state index in [9.17, 15) is 14.7 Å². The van der Waals surface area contributed by atoms with E-state index in [1.807, 2.05) is 32.0 Å². The lowest BCUT2D eigenvalue weighted by Crippen LogP contribution is -2.30. The Kier molecular flexibility index (Phi) is 5.41. The van der Waals surface area contributed by atoms with Gasteiger partial charge in [0.15, 0.2) is 0 Å². The number of nitrogens with one attached hydrogen (secondary N) is 1. The minimum atomic E-state index is -0.979. The largest absolute Gasteiger partial charge is 0.507 e. The number of rotatable bonds is 6. The molecule has 1 amide bonds. The summed E-state index contributed by atoms with van der Waals surface area (Å²) in [6, 6.07) is 14.7. The van der Waals surface area contributed by atoms with Gasteiger partial charge >= 0.3 is 5.91 Å². The normalized spacial score (nSPS) is 17.6. The summed E-state index contributed by atoms with van der Waals surface area (Å²) in [6.07, 6.45) is 2.33. The number of carbonyl (C=O) groups excluding carboxylic acids is 2. The van der Waals surface area contributed by atoms with E-state index in [-0.39, 0.29) is 17.3 Å². The molecule has 1 aliphatic rings. The average molecular weight is 457 g/mol. The number of furan rings is 1. The summed E-state index contributed by atoms with van der Waals surface area (Å²) in [7, 11) is 0. The molecule has 1 unspecified atom stereocenters. The molecule has 3 heterocycles. The summed E-state index contributed by atoms with van der Waals surface area (Å²) >= 11 is 0. The van der Waals surface area contributed by atoms with Crippen LogP contribution in [0.3, 0.4) is 0 Å². The van der Waals surface area contributed by atoms with E-state index >= 15 is 0 Å². The van der Waals surface area contributed by atoms with Crippen molar-refractivity contribution in [3.05, 3.63) is 83.3 Å². The van der Waals surface area contributed by atoms with Crippen LogP contribution in [-0.2, 0) is 9.59 Å². The van der Waals surface area contributed by atoms with Gasteiger partial charge in [-0.2, -0.15) is 0 Å². The third-order valence-corrected chi connectivity index (χ3v) is 5.71. The number of hydrogen-bond acceptors (Lipinski definition) is 6. The molecule has 8 nitrogen and oxygen atoms in total. The number of benzene rings is 2. The van der Waals surface area contributed by atoms with Crippen LogP contribution in [0.25, 0.3) is 16.8 Å². The molecule has 1 saturated heterocycles. The topological polar surface area (TPSA) is 109 Å². The summed E-state index contributed by atoms with van der Waals surface area (Å²) < 4.78 is 11.2. The lowest BCUT2D eigenvalue weighted by atomic mass is 9.99. The zero-order valence-electron chi connectivity index (χ0n) is 18.7. The predicted octanol–water partition coefficient (Wildman–Crippen LogP) is 4.88. The Morgan fingerprint density at radius 2 is 1.97 bits per heavy atom. The van der Waals surface area contributed by atoms with Crippen molar-refractivity contribution in [1.82, 2.24) is 9.97 Å². The van der Waals surface area contributed by atoms with Gasteiger partial charge in [-0.1, -0.05) is 13.0 Å². The molecule has 0 spiro atoms. The fourth-order valence-corrected chi connectivity index (χ4v) is 4.08. The first kappa shape index (κ1) is 21.5. The number of H-pyrrole nitrogens is 1. The number of aromatic nitrogens is 2. The molecular weight excluding hydrogens is 434 g/mol. The molecule has 1 atom stereocenters. The number of aliphatic hydroxyl groups is 1. The fourth-order valence-electron chi connectivity index (χ4n) is 4.08. The molecule has 0 radical (unpaired) electrons. The van der Waals surface area contributed by atoms with Crippen molar-refractivity contribution in [3.63, 3.8) is 0 Å². The average Bonchev–Trinajstić information content (AvgIpc) is 3.56. The van der Waals surface area contributed by atoms with Gasteiger partial charge in [-0.05, 0) is 67.4 Å². The van der Waals surface area contributed by atoms with Gasteiger partial charge in [0.2, 0.25) is 5.95 Å². The summed E-state index contributed by atoms with van der Waals surface area (Å²) in [5.74, 6) is -0.731. The first-order valence-corrected chi connectivity index (χ1v) is 11.0. The second kappa shape index (κ2) is 8.55. The van der Waals surface area contributed by atoms with Gasteiger partial charge in [-0.15, -0.1) is 0 Å². The zero-order valence-corrected chi connectivity index (χ0v) is 18.7. The maximum absolute atomic E-state index is 13.2. The van der Waals surface area contributed by atoms with Crippen molar-refractivity contribution < 1.29 is 23.8 Å². The number of imidazole rings is 1. The number of aliphatic hydroxyl groups excluding tert-OH is 1. The number of ether oxygens (including phenoxy) is 1. The molecular formula is C26H23N3O5. The fraction of sp³-hybridized carbons (Fsp3) is 0.192. The van der Waals surface area contributed by atoms with E-state index < -0.39 is 17.7 Å². The van der Waals surface area contributed by atoms with Gasteiger partial charge in [0.25, 0.3) is 5.78 Å². The highest BCUT2D eigenvalue weighted by molar-refractivity contribution is 6.51. The summed E-state index contributed by atoms with van der Waals surface area (Å²) in [5, 5.41) is 11.2. The molecule has 0 aliphatic carbocycles. The second-order valence-corrected chi connectivity index (χ2v) is 8.14. The number of ketones is 1. The van der Waals surface area contributed by atoms with Gasteiger partial charge < -0.3 is 19.2 Å². The van der Waals surface area contributed by atoms with Crippen molar-refractivity contribution in [2.75, 3.05) is 11.5 Å². The lowest BCUT2D eigenvalue weighted by Gasteiger charge is -2.20. The van der Waals surface area contributed by atoms with E-state index in [0.29, 0.717) is 29.2 Å². The third kappa shape index (κ3) is 3.63. The summed E-state index contributed by atoms with van der Waals surface area (Å²) in [5.41, 5.74) is 2.73. The maximum Gasteiger partial charge on any atom is 0.302 e. The smallest absolute Gasteiger partial charge is 0.302 e. The molecule has 0 saturated carbocycles.